The lowest BCUT2D eigenvalue weighted by Gasteiger charge is -2.24. The molecule has 1 aromatic heterocycles. The van der Waals surface area contributed by atoms with Crippen molar-refractivity contribution in [2.75, 3.05) is 7.11 Å². The van der Waals surface area contributed by atoms with Gasteiger partial charge in [-0.05, 0) is 43.2 Å². The molecule has 3 aromatic rings. The molecule has 33 heavy (non-hydrogen) atoms. The van der Waals surface area contributed by atoms with Crippen LogP contribution in [-0.4, -0.2) is 23.6 Å². The molecule has 0 fully saturated rings. The van der Waals surface area contributed by atoms with Crippen LogP contribution in [-0.2, 0) is 14.3 Å². The lowest BCUT2D eigenvalue weighted by molar-refractivity contribution is -0.136. The molecule has 0 N–H and O–H groups in total. The second kappa shape index (κ2) is 8.99. The van der Waals surface area contributed by atoms with Crippen LogP contribution in [0.1, 0.15) is 36.6 Å². The molecule has 1 unspecified atom stereocenters. The molecule has 1 aliphatic rings. The van der Waals surface area contributed by atoms with Gasteiger partial charge in [0, 0.05) is 6.92 Å². The maximum Gasteiger partial charge on any atom is 0.338 e. The molecular weight excluding hydrogens is 440 g/mol. The van der Waals surface area contributed by atoms with Gasteiger partial charge in [-0.1, -0.05) is 53.3 Å². The summed E-state index contributed by atoms with van der Waals surface area (Å²) in [5.41, 5.74) is 3.22. The molecule has 0 bridgehead atoms. The number of benzene rings is 2. The standard InChI is InChI=1S/C25H22N2O5S/c1-14-5-7-17(8-6-14)13-20-23(29)27-22(18-9-11-19(12-10-18)32-16(3)28)21(24(30)31-4)15(2)26-25(27)33-20/h5-13,22H,1-4H3/b20-13-. The molecule has 4 rings (SSSR count). The first-order valence-electron chi connectivity index (χ1n) is 10.2. The van der Waals surface area contributed by atoms with Crippen molar-refractivity contribution in [3.05, 3.63) is 96.2 Å². The average Bonchev–Trinajstić information content (AvgIpc) is 3.08. The van der Waals surface area contributed by atoms with E-state index in [2.05, 4.69) is 4.99 Å². The number of esters is 2. The van der Waals surface area contributed by atoms with Crippen molar-refractivity contribution in [3.8, 4) is 5.75 Å². The Kier molecular flexibility index (Phi) is 6.11. The number of allylic oxidation sites excluding steroid dienone is 1. The molecule has 1 atom stereocenters. The molecule has 7 nitrogen and oxygen atoms in total. The van der Waals surface area contributed by atoms with E-state index in [1.807, 2.05) is 37.3 Å². The topological polar surface area (TPSA) is 87.0 Å². The van der Waals surface area contributed by atoms with E-state index in [0.717, 1.165) is 11.1 Å². The van der Waals surface area contributed by atoms with Crippen molar-refractivity contribution < 1.29 is 19.1 Å². The molecule has 1 aliphatic heterocycles. The van der Waals surface area contributed by atoms with E-state index in [4.69, 9.17) is 9.47 Å². The van der Waals surface area contributed by atoms with Crippen LogP contribution in [0.4, 0.5) is 0 Å². The Morgan fingerprint density at radius 3 is 2.33 bits per heavy atom. The summed E-state index contributed by atoms with van der Waals surface area (Å²) in [6.07, 6.45) is 1.82. The van der Waals surface area contributed by atoms with Gasteiger partial charge in [0.1, 0.15) is 5.75 Å². The van der Waals surface area contributed by atoms with Crippen molar-refractivity contribution >= 4 is 29.4 Å². The number of nitrogens with zero attached hydrogens (tertiary/aromatic N) is 2. The lowest BCUT2D eigenvalue weighted by Crippen LogP contribution is -2.39. The van der Waals surface area contributed by atoms with Crippen LogP contribution in [0.25, 0.3) is 6.08 Å². The Hall–Kier alpha value is -3.78. The normalized spacial score (nSPS) is 15.6. The molecule has 0 saturated heterocycles. The highest BCUT2D eigenvalue weighted by atomic mass is 32.1. The van der Waals surface area contributed by atoms with Gasteiger partial charge in [-0.25, -0.2) is 9.79 Å². The van der Waals surface area contributed by atoms with Crippen LogP contribution in [0.3, 0.4) is 0 Å². The van der Waals surface area contributed by atoms with Crippen molar-refractivity contribution in [1.82, 2.24) is 4.57 Å². The van der Waals surface area contributed by atoms with Crippen LogP contribution in [0.2, 0.25) is 0 Å². The molecule has 0 amide bonds. The number of fused-ring (bicyclic) bond motifs is 1. The van der Waals surface area contributed by atoms with Crippen molar-refractivity contribution in [3.63, 3.8) is 0 Å². The highest BCUT2D eigenvalue weighted by Gasteiger charge is 2.33. The van der Waals surface area contributed by atoms with E-state index < -0.39 is 18.0 Å². The summed E-state index contributed by atoms with van der Waals surface area (Å²) >= 11 is 1.27. The summed E-state index contributed by atoms with van der Waals surface area (Å²) in [4.78, 5) is 42.5. The van der Waals surface area contributed by atoms with Crippen molar-refractivity contribution in [2.24, 2.45) is 4.99 Å². The number of ether oxygens (including phenoxy) is 2. The third-order valence-electron chi connectivity index (χ3n) is 5.26. The Bertz CT molecular complexity index is 1440. The maximum absolute atomic E-state index is 13.5. The van der Waals surface area contributed by atoms with Crippen LogP contribution >= 0.6 is 11.3 Å². The quantitative estimate of drug-likeness (QED) is 0.440. The number of aryl methyl sites for hydroxylation is 1. The van der Waals surface area contributed by atoms with Gasteiger partial charge in [0.2, 0.25) is 0 Å². The van der Waals surface area contributed by atoms with E-state index in [9.17, 15) is 14.4 Å². The first kappa shape index (κ1) is 22.4. The second-order valence-electron chi connectivity index (χ2n) is 7.65. The number of aromatic nitrogens is 1. The molecule has 0 spiro atoms. The van der Waals surface area contributed by atoms with Crippen molar-refractivity contribution in [2.45, 2.75) is 26.8 Å². The fraction of sp³-hybridized carbons (Fsp3) is 0.200. The molecule has 0 radical (unpaired) electrons. The van der Waals surface area contributed by atoms with E-state index in [-0.39, 0.29) is 11.1 Å². The van der Waals surface area contributed by atoms with E-state index >= 15 is 0 Å². The molecule has 0 saturated carbocycles. The summed E-state index contributed by atoms with van der Waals surface area (Å²) < 4.78 is 12.2. The van der Waals surface area contributed by atoms with Gasteiger partial charge in [-0.3, -0.25) is 14.2 Å². The highest BCUT2D eigenvalue weighted by Crippen LogP contribution is 2.31. The van der Waals surface area contributed by atoms with E-state index in [1.165, 1.54) is 29.9 Å². The molecule has 2 heterocycles. The lowest BCUT2D eigenvalue weighted by atomic mass is 9.96. The van der Waals surface area contributed by atoms with Gasteiger partial charge < -0.3 is 9.47 Å². The smallest absolute Gasteiger partial charge is 0.338 e. The van der Waals surface area contributed by atoms with E-state index in [0.29, 0.717) is 26.3 Å². The average molecular weight is 463 g/mol. The minimum absolute atomic E-state index is 0.248. The second-order valence-corrected chi connectivity index (χ2v) is 8.66. The Morgan fingerprint density at radius 1 is 1.06 bits per heavy atom. The van der Waals surface area contributed by atoms with Gasteiger partial charge in [0.25, 0.3) is 5.56 Å². The number of thiazole rings is 1. The Labute approximate surface area is 193 Å². The van der Waals surface area contributed by atoms with E-state index in [1.54, 1.807) is 31.2 Å². The summed E-state index contributed by atoms with van der Waals surface area (Å²) in [6.45, 7) is 5.05. The van der Waals surface area contributed by atoms with Gasteiger partial charge in [-0.2, -0.15) is 0 Å². The molecule has 0 aliphatic carbocycles. The minimum Gasteiger partial charge on any atom is -0.466 e. The number of hydrogen-bond donors (Lipinski definition) is 0. The third-order valence-corrected chi connectivity index (χ3v) is 6.24. The van der Waals surface area contributed by atoms with Gasteiger partial charge in [-0.15, -0.1) is 0 Å². The highest BCUT2D eigenvalue weighted by molar-refractivity contribution is 7.07. The number of hydrogen-bond acceptors (Lipinski definition) is 7. The van der Waals surface area contributed by atoms with Crippen LogP contribution < -0.4 is 19.6 Å². The van der Waals surface area contributed by atoms with Gasteiger partial charge >= 0.3 is 11.9 Å². The predicted molar refractivity (Wildman–Crippen MR) is 125 cm³/mol. The minimum atomic E-state index is -0.722. The SMILES string of the molecule is COC(=O)C1=C(C)N=c2s/c(=C\c3ccc(C)cc3)c(=O)n2C1c1ccc(OC(C)=O)cc1. The zero-order chi connectivity index (χ0) is 23.7. The zero-order valence-electron chi connectivity index (χ0n) is 18.6. The number of carbonyl (C=O) groups excluding carboxylic acids is 2. The fourth-order valence-corrected chi connectivity index (χ4v) is 4.75. The molecule has 168 valence electrons. The fourth-order valence-electron chi connectivity index (χ4n) is 3.71. The predicted octanol–water partition coefficient (Wildman–Crippen LogP) is 2.64. The Balaban J connectivity index is 1.90. The summed E-state index contributed by atoms with van der Waals surface area (Å²) in [5, 5.41) is 0. The zero-order valence-corrected chi connectivity index (χ0v) is 19.4. The van der Waals surface area contributed by atoms with Crippen LogP contribution in [0, 0.1) is 6.92 Å². The first-order chi connectivity index (χ1) is 15.8. The van der Waals surface area contributed by atoms with Gasteiger partial charge in [0.05, 0.1) is 29.0 Å². The summed E-state index contributed by atoms with van der Waals surface area (Å²) in [6, 6.07) is 13.8. The Morgan fingerprint density at radius 2 is 1.73 bits per heavy atom. The number of rotatable bonds is 4. The summed E-state index contributed by atoms with van der Waals surface area (Å²) in [7, 11) is 1.30. The largest absolute Gasteiger partial charge is 0.466 e. The molecule has 8 heteroatoms. The van der Waals surface area contributed by atoms with Crippen LogP contribution in [0.15, 0.2) is 69.6 Å². The monoisotopic (exact) mass is 462 g/mol. The third kappa shape index (κ3) is 4.42. The van der Waals surface area contributed by atoms with Crippen molar-refractivity contribution in [1.29, 1.82) is 0 Å². The van der Waals surface area contributed by atoms with Crippen LogP contribution in [0.5, 0.6) is 5.75 Å². The first-order valence-corrected chi connectivity index (χ1v) is 11.1. The summed E-state index contributed by atoms with van der Waals surface area (Å²) in [5.74, 6) is -0.616. The molecule has 2 aromatic carbocycles. The number of methoxy groups -OCH3 is 1. The van der Waals surface area contributed by atoms with Gasteiger partial charge in [0.15, 0.2) is 4.80 Å². The maximum atomic E-state index is 13.5. The number of carbonyl (C=O) groups is 2. The molecular formula is C25H22N2O5S.